The second-order valence-electron chi connectivity index (χ2n) is 3.85. The van der Waals surface area contributed by atoms with Crippen LogP contribution in [0.15, 0.2) is 48.5 Å². The zero-order chi connectivity index (χ0) is 13.8. The normalized spacial score (nSPS) is 9.95. The van der Waals surface area contributed by atoms with E-state index in [0.29, 0.717) is 11.3 Å². The van der Waals surface area contributed by atoms with Gasteiger partial charge < -0.3 is 10.4 Å². The second kappa shape index (κ2) is 5.54. The molecule has 19 heavy (non-hydrogen) atoms. The number of anilines is 1. The van der Waals surface area contributed by atoms with Gasteiger partial charge in [0.05, 0.1) is 5.56 Å². The quantitative estimate of drug-likeness (QED) is 0.903. The SMILES string of the molecule is O=C(O)c1cc(Cl)cc(NC(=O)c2ccccc2)c1. The van der Waals surface area contributed by atoms with Crippen molar-refractivity contribution >= 4 is 29.2 Å². The molecule has 4 nitrogen and oxygen atoms in total. The number of amides is 1. The summed E-state index contributed by atoms with van der Waals surface area (Å²) in [6.45, 7) is 0. The van der Waals surface area contributed by atoms with Gasteiger partial charge in [-0.05, 0) is 30.3 Å². The first-order valence-electron chi connectivity index (χ1n) is 5.46. The van der Waals surface area contributed by atoms with Crippen LogP contribution in [-0.4, -0.2) is 17.0 Å². The molecule has 2 rings (SSSR count). The maximum Gasteiger partial charge on any atom is 0.335 e. The van der Waals surface area contributed by atoms with Gasteiger partial charge in [0.15, 0.2) is 0 Å². The molecule has 0 atom stereocenters. The van der Waals surface area contributed by atoms with E-state index < -0.39 is 5.97 Å². The van der Waals surface area contributed by atoms with Crippen LogP contribution in [0.2, 0.25) is 5.02 Å². The second-order valence-corrected chi connectivity index (χ2v) is 4.29. The molecule has 0 aliphatic rings. The third-order valence-electron chi connectivity index (χ3n) is 2.44. The van der Waals surface area contributed by atoms with Crippen molar-refractivity contribution in [1.29, 1.82) is 0 Å². The number of carbonyl (C=O) groups is 2. The third-order valence-corrected chi connectivity index (χ3v) is 2.66. The average molecular weight is 276 g/mol. The highest BCUT2D eigenvalue weighted by Crippen LogP contribution is 2.19. The van der Waals surface area contributed by atoms with Crippen molar-refractivity contribution < 1.29 is 14.7 Å². The Morgan fingerprint density at radius 2 is 1.68 bits per heavy atom. The minimum atomic E-state index is -1.10. The van der Waals surface area contributed by atoms with Gasteiger partial charge in [-0.2, -0.15) is 0 Å². The van der Waals surface area contributed by atoms with Gasteiger partial charge in [-0.15, -0.1) is 0 Å². The number of hydrogen-bond donors (Lipinski definition) is 2. The zero-order valence-electron chi connectivity index (χ0n) is 9.76. The molecule has 0 fully saturated rings. The topological polar surface area (TPSA) is 66.4 Å². The van der Waals surface area contributed by atoms with Gasteiger partial charge in [0.25, 0.3) is 5.91 Å². The molecule has 5 heteroatoms. The molecule has 0 radical (unpaired) electrons. The maximum absolute atomic E-state index is 11.9. The molecule has 0 spiro atoms. The summed E-state index contributed by atoms with van der Waals surface area (Å²) in [6.07, 6.45) is 0. The highest BCUT2D eigenvalue weighted by molar-refractivity contribution is 6.31. The van der Waals surface area contributed by atoms with Crippen LogP contribution in [-0.2, 0) is 0 Å². The van der Waals surface area contributed by atoms with Crippen molar-refractivity contribution in [3.63, 3.8) is 0 Å². The molecule has 1 amide bonds. The first kappa shape index (κ1) is 13.1. The van der Waals surface area contributed by atoms with E-state index in [9.17, 15) is 9.59 Å². The predicted molar refractivity (Wildman–Crippen MR) is 72.8 cm³/mol. The number of carboxylic acids is 1. The minimum absolute atomic E-state index is 0.0239. The molecule has 2 N–H and O–H groups in total. The fourth-order valence-electron chi connectivity index (χ4n) is 1.58. The van der Waals surface area contributed by atoms with Gasteiger partial charge in [0.2, 0.25) is 0 Å². The van der Waals surface area contributed by atoms with Crippen LogP contribution in [0, 0.1) is 0 Å². The van der Waals surface area contributed by atoms with Gasteiger partial charge >= 0.3 is 5.97 Å². The van der Waals surface area contributed by atoms with Gasteiger partial charge in [-0.3, -0.25) is 4.79 Å². The van der Waals surface area contributed by atoms with Gasteiger partial charge in [0.1, 0.15) is 0 Å². The van der Waals surface area contributed by atoms with E-state index in [1.165, 1.54) is 18.2 Å². The van der Waals surface area contributed by atoms with Crippen LogP contribution >= 0.6 is 11.6 Å². The van der Waals surface area contributed by atoms with E-state index in [0.717, 1.165) is 0 Å². The largest absolute Gasteiger partial charge is 0.478 e. The first-order valence-corrected chi connectivity index (χ1v) is 5.84. The number of rotatable bonds is 3. The molecule has 0 heterocycles. The molecule has 2 aromatic rings. The lowest BCUT2D eigenvalue weighted by Crippen LogP contribution is -2.12. The van der Waals surface area contributed by atoms with E-state index in [1.54, 1.807) is 30.3 Å². The number of carboxylic acid groups (broad SMARTS) is 1. The zero-order valence-corrected chi connectivity index (χ0v) is 10.5. The Hall–Kier alpha value is -2.33. The number of carbonyl (C=O) groups excluding carboxylic acids is 1. The van der Waals surface area contributed by atoms with Crippen LogP contribution in [0.1, 0.15) is 20.7 Å². The Morgan fingerprint density at radius 3 is 2.32 bits per heavy atom. The van der Waals surface area contributed by atoms with Gasteiger partial charge in [-0.1, -0.05) is 29.8 Å². The van der Waals surface area contributed by atoms with Crippen molar-refractivity contribution in [2.75, 3.05) is 5.32 Å². The number of nitrogens with one attached hydrogen (secondary N) is 1. The highest BCUT2D eigenvalue weighted by Gasteiger charge is 2.09. The fraction of sp³-hybridized carbons (Fsp3) is 0. The van der Waals surface area contributed by atoms with Crippen molar-refractivity contribution in [2.24, 2.45) is 0 Å². The van der Waals surface area contributed by atoms with Crippen LogP contribution in [0.5, 0.6) is 0 Å². The molecule has 0 aliphatic carbocycles. The van der Waals surface area contributed by atoms with Crippen LogP contribution in [0.25, 0.3) is 0 Å². The van der Waals surface area contributed by atoms with Gasteiger partial charge in [0, 0.05) is 16.3 Å². The maximum atomic E-state index is 11.9. The molecular formula is C14H10ClNO3. The number of hydrogen-bond acceptors (Lipinski definition) is 2. The summed E-state index contributed by atoms with van der Waals surface area (Å²) in [5, 5.41) is 11.8. The van der Waals surface area contributed by atoms with E-state index in [4.69, 9.17) is 16.7 Å². The molecule has 96 valence electrons. The Kier molecular flexibility index (Phi) is 3.82. The summed E-state index contributed by atoms with van der Waals surface area (Å²) in [5.74, 6) is -1.42. The Bertz CT molecular complexity index is 626. The smallest absolute Gasteiger partial charge is 0.335 e. The first-order chi connectivity index (χ1) is 9.06. The molecule has 0 saturated carbocycles. The predicted octanol–water partition coefficient (Wildman–Crippen LogP) is 3.29. The van der Waals surface area contributed by atoms with Gasteiger partial charge in [-0.25, -0.2) is 4.79 Å². The van der Waals surface area contributed by atoms with Crippen molar-refractivity contribution in [1.82, 2.24) is 0 Å². The summed E-state index contributed by atoms with van der Waals surface area (Å²) in [5.41, 5.74) is 0.856. The Labute approximate surface area is 114 Å². The fourth-order valence-corrected chi connectivity index (χ4v) is 1.81. The lowest BCUT2D eigenvalue weighted by molar-refractivity contribution is 0.0696. The minimum Gasteiger partial charge on any atom is -0.478 e. The Balaban J connectivity index is 2.24. The number of halogens is 1. The van der Waals surface area contributed by atoms with Crippen molar-refractivity contribution in [2.45, 2.75) is 0 Å². The Morgan fingerprint density at radius 1 is 1.00 bits per heavy atom. The van der Waals surface area contributed by atoms with E-state index in [-0.39, 0.29) is 16.5 Å². The summed E-state index contributed by atoms with van der Waals surface area (Å²) >= 11 is 5.81. The monoisotopic (exact) mass is 275 g/mol. The van der Waals surface area contributed by atoms with Crippen LogP contribution in [0.4, 0.5) is 5.69 Å². The standard InChI is InChI=1S/C14H10ClNO3/c15-11-6-10(14(18)19)7-12(8-11)16-13(17)9-4-2-1-3-5-9/h1-8H,(H,16,17)(H,18,19). The highest BCUT2D eigenvalue weighted by atomic mass is 35.5. The van der Waals surface area contributed by atoms with E-state index in [2.05, 4.69) is 5.32 Å². The summed E-state index contributed by atoms with van der Waals surface area (Å²) in [4.78, 5) is 22.8. The van der Waals surface area contributed by atoms with E-state index >= 15 is 0 Å². The molecule has 2 aromatic carbocycles. The van der Waals surface area contributed by atoms with Crippen LogP contribution in [0.3, 0.4) is 0 Å². The lowest BCUT2D eigenvalue weighted by Gasteiger charge is -2.07. The summed E-state index contributed by atoms with van der Waals surface area (Å²) in [7, 11) is 0. The molecule has 0 aromatic heterocycles. The van der Waals surface area contributed by atoms with Crippen molar-refractivity contribution in [3.8, 4) is 0 Å². The van der Waals surface area contributed by atoms with Crippen LogP contribution < -0.4 is 5.32 Å². The summed E-state index contributed by atoms with van der Waals surface area (Å²) < 4.78 is 0. The third kappa shape index (κ3) is 3.33. The average Bonchev–Trinajstić information content (AvgIpc) is 2.39. The van der Waals surface area contributed by atoms with E-state index in [1.807, 2.05) is 0 Å². The summed E-state index contributed by atoms with van der Waals surface area (Å²) in [6, 6.07) is 12.8. The molecule has 0 bridgehead atoms. The molecule has 0 aliphatic heterocycles. The lowest BCUT2D eigenvalue weighted by atomic mass is 10.1. The van der Waals surface area contributed by atoms with Crippen molar-refractivity contribution in [3.05, 3.63) is 64.7 Å². The molecule has 0 saturated heterocycles. The number of aromatic carboxylic acids is 1. The molecular weight excluding hydrogens is 266 g/mol. The number of benzene rings is 2. The molecule has 0 unspecified atom stereocenters.